The summed E-state index contributed by atoms with van der Waals surface area (Å²) in [6.07, 6.45) is 4.52. The van der Waals surface area contributed by atoms with Gasteiger partial charge in [0.1, 0.15) is 6.04 Å². The maximum absolute atomic E-state index is 12.0. The number of carbonyl (C=O) groups excluding carboxylic acids is 2. The Hall–Kier alpha value is -1.79. The summed E-state index contributed by atoms with van der Waals surface area (Å²) in [6, 6.07) is -1.12. The predicted octanol–water partition coefficient (Wildman–Crippen LogP) is 0.648. The number of hydrogen-bond donors (Lipinski definition) is 2. The van der Waals surface area contributed by atoms with E-state index in [-0.39, 0.29) is 24.9 Å². The smallest absolute Gasteiger partial charge is 0.326 e. The Morgan fingerprint density at radius 1 is 1.05 bits per heavy atom. The fourth-order valence-electron chi connectivity index (χ4n) is 2.93. The van der Waals surface area contributed by atoms with Gasteiger partial charge in [0, 0.05) is 32.6 Å². The molecule has 118 valence electrons. The van der Waals surface area contributed by atoms with E-state index in [1.807, 2.05) is 4.90 Å². The molecule has 2 saturated heterocycles. The Kier molecular flexibility index (Phi) is 5.41. The predicted molar refractivity (Wildman–Crippen MR) is 75.8 cm³/mol. The zero-order chi connectivity index (χ0) is 15.2. The molecule has 0 aromatic heterocycles. The Balaban J connectivity index is 1.75. The number of amides is 3. The first kappa shape index (κ1) is 15.6. The van der Waals surface area contributed by atoms with Gasteiger partial charge in [-0.15, -0.1) is 0 Å². The summed E-state index contributed by atoms with van der Waals surface area (Å²) in [7, 11) is 0. The number of piperidine rings is 1. The summed E-state index contributed by atoms with van der Waals surface area (Å²) in [5.41, 5.74) is 0. The second-order valence-corrected chi connectivity index (χ2v) is 5.61. The van der Waals surface area contributed by atoms with E-state index >= 15 is 0 Å². The van der Waals surface area contributed by atoms with Crippen molar-refractivity contribution in [2.45, 2.75) is 44.6 Å². The van der Waals surface area contributed by atoms with Crippen molar-refractivity contribution in [1.29, 1.82) is 0 Å². The summed E-state index contributed by atoms with van der Waals surface area (Å²) >= 11 is 0. The van der Waals surface area contributed by atoms with Crippen molar-refractivity contribution in [2.24, 2.45) is 0 Å². The fourth-order valence-corrected chi connectivity index (χ4v) is 2.93. The van der Waals surface area contributed by atoms with Crippen molar-refractivity contribution in [3.05, 3.63) is 0 Å². The minimum atomic E-state index is -0.960. The van der Waals surface area contributed by atoms with Crippen molar-refractivity contribution >= 4 is 17.9 Å². The molecule has 0 aromatic carbocycles. The number of urea groups is 1. The van der Waals surface area contributed by atoms with E-state index in [0.29, 0.717) is 13.0 Å². The molecular weight excluding hydrogens is 274 g/mol. The van der Waals surface area contributed by atoms with E-state index in [1.54, 1.807) is 0 Å². The zero-order valence-corrected chi connectivity index (χ0v) is 12.2. The summed E-state index contributed by atoms with van der Waals surface area (Å²) in [5, 5.41) is 11.8. The van der Waals surface area contributed by atoms with Crippen molar-refractivity contribution < 1.29 is 19.5 Å². The number of aliphatic carboxylic acids is 1. The van der Waals surface area contributed by atoms with Gasteiger partial charge in [-0.05, 0) is 32.1 Å². The first-order valence-electron chi connectivity index (χ1n) is 7.64. The Bertz CT molecular complexity index is 407. The monoisotopic (exact) mass is 297 g/mol. The van der Waals surface area contributed by atoms with E-state index in [1.165, 1.54) is 4.90 Å². The minimum Gasteiger partial charge on any atom is -0.480 e. The first-order chi connectivity index (χ1) is 10.1. The van der Waals surface area contributed by atoms with Gasteiger partial charge in [0.2, 0.25) is 5.91 Å². The number of nitrogens with one attached hydrogen (secondary N) is 1. The van der Waals surface area contributed by atoms with Gasteiger partial charge in [0.05, 0.1) is 0 Å². The molecule has 2 N–H and O–H groups in total. The van der Waals surface area contributed by atoms with Crippen LogP contribution in [0.1, 0.15) is 38.5 Å². The Morgan fingerprint density at radius 3 is 2.38 bits per heavy atom. The maximum atomic E-state index is 12.0. The lowest BCUT2D eigenvalue weighted by Crippen LogP contribution is -2.52. The molecule has 21 heavy (non-hydrogen) atoms. The summed E-state index contributed by atoms with van der Waals surface area (Å²) in [6.45, 7) is 2.33. The molecule has 2 aliphatic heterocycles. The second-order valence-electron chi connectivity index (χ2n) is 5.61. The van der Waals surface area contributed by atoms with Crippen LogP contribution in [0.3, 0.4) is 0 Å². The molecule has 1 unspecified atom stereocenters. The highest BCUT2D eigenvalue weighted by atomic mass is 16.4. The van der Waals surface area contributed by atoms with Gasteiger partial charge in [-0.25, -0.2) is 9.59 Å². The summed E-state index contributed by atoms with van der Waals surface area (Å²) in [5.74, 6) is -0.903. The van der Waals surface area contributed by atoms with Crippen molar-refractivity contribution in [2.75, 3.05) is 26.2 Å². The van der Waals surface area contributed by atoms with Crippen LogP contribution in [0.15, 0.2) is 0 Å². The van der Waals surface area contributed by atoms with E-state index in [9.17, 15) is 14.4 Å². The van der Waals surface area contributed by atoms with Crippen LogP contribution in [0.25, 0.3) is 0 Å². The topological polar surface area (TPSA) is 90.0 Å². The van der Waals surface area contributed by atoms with E-state index in [4.69, 9.17) is 5.11 Å². The SMILES string of the molecule is O=C(O)C1CCCCN1C(=O)NCCC(=O)N1CCCC1. The molecule has 7 heteroatoms. The first-order valence-corrected chi connectivity index (χ1v) is 7.64. The molecule has 7 nitrogen and oxygen atoms in total. The minimum absolute atomic E-state index is 0.0567. The number of carboxylic acids is 1. The lowest BCUT2D eigenvalue weighted by Gasteiger charge is -2.32. The van der Waals surface area contributed by atoms with Crippen molar-refractivity contribution in [3.63, 3.8) is 0 Å². The van der Waals surface area contributed by atoms with E-state index in [0.717, 1.165) is 38.8 Å². The van der Waals surface area contributed by atoms with Crippen LogP contribution in [0, 0.1) is 0 Å². The third-order valence-electron chi connectivity index (χ3n) is 4.12. The van der Waals surface area contributed by atoms with Gasteiger partial charge in [0.25, 0.3) is 0 Å². The second kappa shape index (κ2) is 7.28. The van der Waals surface area contributed by atoms with Crippen LogP contribution in [0.4, 0.5) is 4.79 Å². The average molecular weight is 297 g/mol. The molecule has 2 aliphatic rings. The highest BCUT2D eigenvalue weighted by molar-refractivity contribution is 5.83. The van der Waals surface area contributed by atoms with Gasteiger partial charge in [-0.3, -0.25) is 4.79 Å². The standard InChI is InChI=1S/C14H23N3O4/c18-12(16-8-3-4-9-16)6-7-15-14(21)17-10-2-1-5-11(17)13(19)20/h11H,1-10H2,(H,15,21)(H,19,20). The number of nitrogens with zero attached hydrogens (tertiary/aromatic N) is 2. The number of likely N-dealkylation sites (tertiary alicyclic amines) is 2. The van der Waals surface area contributed by atoms with Gasteiger partial charge in [-0.2, -0.15) is 0 Å². The molecular formula is C14H23N3O4. The lowest BCUT2D eigenvalue weighted by molar-refractivity contribution is -0.143. The zero-order valence-electron chi connectivity index (χ0n) is 12.2. The number of hydrogen-bond acceptors (Lipinski definition) is 3. The van der Waals surface area contributed by atoms with Crippen molar-refractivity contribution in [3.8, 4) is 0 Å². The third kappa shape index (κ3) is 4.09. The van der Waals surface area contributed by atoms with Crippen LogP contribution in [-0.4, -0.2) is 65.0 Å². The molecule has 0 bridgehead atoms. The van der Waals surface area contributed by atoms with Crippen molar-refractivity contribution in [1.82, 2.24) is 15.1 Å². The number of rotatable bonds is 4. The highest BCUT2D eigenvalue weighted by Gasteiger charge is 2.31. The van der Waals surface area contributed by atoms with Gasteiger partial charge in [-0.1, -0.05) is 0 Å². The van der Waals surface area contributed by atoms with Gasteiger partial charge in [0.15, 0.2) is 0 Å². The fraction of sp³-hybridized carbons (Fsp3) is 0.786. The lowest BCUT2D eigenvalue weighted by atomic mass is 10.0. The molecule has 2 fully saturated rings. The van der Waals surface area contributed by atoms with Crippen LogP contribution in [-0.2, 0) is 9.59 Å². The third-order valence-corrected chi connectivity index (χ3v) is 4.12. The maximum Gasteiger partial charge on any atom is 0.326 e. The van der Waals surface area contributed by atoms with E-state index in [2.05, 4.69) is 5.32 Å². The largest absolute Gasteiger partial charge is 0.480 e. The molecule has 1 atom stereocenters. The molecule has 0 aromatic rings. The Labute approximate surface area is 124 Å². The molecule has 2 heterocycles. The normalized spacial score (nSPS) is 22.2. The van der Waals surface area contributed by atoms with E-state index < -0.39 is 12.0 Å². The summed E-state index contributed by atoms with van der Waals surface area (Å²) in [4.78, 5) is 38.2. The molecule has 3 amide bonds. The number of carboxylic acid groups (broad SMARTS) is 1. The van der Waals surface area contributed by atoms with Crippen LogP contribution in [0.2, 0.25) is 0 Å². The molecule has 0 spiro atoms. The molecule has 2 rings (SSSR count). The molecule has 0 saturated carbocycles. The molecule has 0 aliphatic carbocycles. The summed E-state index contributed by atoms with van der Waals surface area (Å²) < 4.78 is 0. The van der Waals surface area contributed by atoms with Crippen LogP contribution < -0.4 is 5.32 Å². The average Bonchev–Trinajstić information content (AvgIpc) is 3.01. The number of carbonyl (C=O) groups is 3. The van der Waals surface area contributed by atoms with Crippen LogP contribution in [0.5, 0.6) is 0 Å². The molecule has 0 radical (unpaired) electrons. The van der Waals surface area contributed by atoms with Gasteiger partial charge >= 0.3 is 12.0 Å². The Morgan fingerprint density at radius 2 is 1.71 bits per heavy atom. The van der Waals surface area contributed by atoms with Gasteiger partial charge < -0.3 is 20.2 Å². The quantitative estimate of drug-likeness (QED) is 0.797. The highest BCUT2D eigenvalue weighted by Crippen LogP contribution is 2.17. The van der Waals surface area contributed by atoms with Crippen LogP contribution >= 0.6 is 0 Å².